The predicted molar refractivity (Wildman–Crippen MR) is 137 cm³/mol. The second kappa shape index (κ2) is 6.42. The van der Waals surface area contributed by atoms with Crippen molar-refractivity contribution in [2.45, 2.75) is 19.3 Å². The van der Waals surface area contributed by atoms with Crippen molar-refractivity contribution in [3.63, 3.8) is 0 Å². The monoisotopic (exact) mass is 496 g/mol. The van der Waals surface area contributed by atoms with Crippen molar-refractivity contribution in [1.29, 1.82) is 0 Å². The summed E-state index contributed by atoms with van der Waals surface area (Å²) in [4.78, 5) is 0. The summed E-state index contributed by atoms with van der Waals surface area (Å²) in [5.41, 5.74) is 8.27. The third-order valence-electron chi connectivity index (χ3n) is 6.74. The third-order valence-corrected chi connectivity index (χ3v) is 7.86. The van der Waals surface area contributed by atoms with Gasteiger partial charge in [0.15, 0.2) is 0 Å². The summed E-state index contributed by atoms with van der Waals surface area (Å²) in [6, 6.07) is 33.5. The molecule has 5 aromatic rings. The second-order valence-electron chi connectivity index (χ2n) is 8.71. The first-order valence-electron chi connectivity index (χ1n) is 10.4. The Balaban J connectivity index is 1.69. The molecular weight excluding hydrogens is 475 g/mol. The zero-order valence-electron chi connectivity index (χ0n) is 17.0. The average molecular weight is 496 g/mol. The van der Waals surface area contributed by atoms with E-state index in [1.54, 1.807) is 0 Å². The van der Waals surface area contributed by atoms with Gasteiger partial charge in [-0.05, 0) is 78.0 Å². The molecule has 144 valence electrons. The van der Waals surface area contributed by atoms with Crippen LogP contribution < -0.4 is 0 Å². The molecule has 1 heteroatoms. The normalized spacial score (nSPS) is 14.1. The molecule has 0 N–H and O–H groups in total. The number of fused-ring (bicyclic) bond motifs is 6. The summed E-state index contributed by atoms with van der Waals surface area (Å²) in [7, 11) is 0. The van der Waals surface area contributed by atoms with E-state index < -0.39 is 0 Å². The number of halogens is 1. The van der Waals surface area contributed by atoms with E-state index in [1.807, 2.05) is 0 Å². The van der Waals surface area contributed by atoms with Gasteiger partial charge in [-0.15, -0.1) is 0 Å². The van der Waals surface area contributed by atoms with E-state index in [4.69, 9.17) is 0 Å². The van der Waals surface area contributed by atoms with Gasteiger partial charge in [0.05, 0.1) is 0 Å². The topological polar surface area (TPSA) is 0 Å². The molecule has 0 aliphatic heterocycles. The standard InChI is InChI=1S/C29H21I/c1-29(2)25-14-8-7-11-21(25)22-16-15-18(17-26(22)29)27-23-12-5-3-9-19(23)20-10-4-6-13-24(20)28(27)30/h3-17H,1-2H3. The van der Waals surface area contributed by atoms with Crippen LogP contribution in [-0.2, 0) is 5.41 Å². The van der Waals surface area contributed by atoms with E-state index in [9.17, 15) is 0 Å². The molecule has 1 aliphatic rings. The van der Waals surface area contributed by atoms with Gasteiger partial charge in [-0.25, -0.2) is 0 Å². The van der Waals surface area contributed by atoms with Crippen molar-refractivity contribution in [2.24, 2.45) is 0 Å². The van der Waals surface area contributed by atoms with Gasteiger partial charge in [0.25, 0.3) is 0 Å². The Labute approximate surface area is 190 Å². The van der Waals surface area contributed by atoms with Crippen LogP contribution in [-0.4, -0.2) is 0 Å². The van der Waals surface area contributed by atoms with E-state index in [0.717, 1.165) is 0 Å². The van der Waals surface area contributed by atoms with Crippen LogP contribution in [0.1, 0.15) is 25.0 Å². The van der Waals surface area contributed by atoms with Crippen molar-refractivity contribution in [1.82, 2.24) is 0 Å². The molecule has 1 aliphatic carbocycles. The lowest BCUT2D eigenvalue weighted by atomic mass is 9.81. The maximum Gasteiger partial charge on any atom is 0.0293 e. The maximum absolute atomic E-state index is 2.55. The summed E-state index contributed by atoms with van der Waals surface area (Å²) >= 11 is 2.55. The van der Waals surface area contributed by atoms with Gasteiger partial charge in [-0.3, -0.25) is 0 Å². The van der Waals surface area contributed by atoms with Crippen molar-refractivity contribution in [2.75, 3.05) is 0 Å². The number of rotatable bonds is 1. The van der Waals surface area contributed by atoms with E-state index in [1.165, 1.54) is 58.5 Å². The Morgan fingerprint density at radius 3 is 1.90 bits per heavy atom. The van der Waals surface area contributed by atoms with Crippen molar-refractivity contribution in [3.8, 4) is 22.3 Å². The van der Waals surface area contributed by atoms with E-state index >= 15 is 0 Å². The molecule has 0 radical (unpaired) electrons. The van der Waals surface area contributed by atoms with Gasteiger partial charge in [0.2, 0.25) is 0 Å². The summed E-state index contributed by atoms with van der Waals surface area (Å²) in [6.07, 6.45) is 0. The van der Waals surface area contributed by atoms with E-state index in [0.29, 0.717) is 0 Å². The van der Waals surface area contributed by atoms with Crippen molar-refractivity contribution >= 4 is 44.1 Å². The van der Waals surface area contributed by atoms with Crippen LogP contribution in [0.25, 0.3) is 43.8 Å². The van der Waals surface area contributed by atoms with Gasteiger partial charge in [0, 0.05) is 14.5 Å². The summed E-state index contributed by atoms with van der Waals surface area (Å²) < 4.78 is 1.33. The van der Waals surface area contributed by atoms with Crippen LogP contribution in [0.3, 0.4) is 0 Å². The van der Waals surface area contributed by atoms with Crippen LogP contribution >= 0.6 is 22.6 Å². The lowest BCUT2D eigenvalue weighted by molar-refractivity contribution is 0.660. The highest BCUT2D eigenvalue weighted by Crippen LogP contribution is 2.50. The first-order chi connectivity index (χ1) is 14.6. The van der Waals surface area contributed by atoms with Crippen LogP contribution in [0, 0.1) is 3.57 Å². The fraction of sp³-hybridized carbons (Fsp3) is 0.103. The molecule has 5 aromatic carbocycles. The molecule has 0 aromatic heterocycles. The highest BCUT2D eigenvalue weighted by Gasteiger charge is 2.35. The minimum absolute atomic E-state index is 0.0139. The first kappa shape index (κ1) is 18.1. The molecule has 0 saturated heterocycles. The van der Waals surface area contributed by atoms with Crippen LogP contribution in [0.5, 0.6) is 0 Å². The second-order valence-corrected chi connectivity index (χ2v) is 9.79. The average Bonchev–Trinajstić information content (AvgIpc) is 3.01. The Hall–Kier alpha value is -2.65. The summed E-state index contributed by atoms with van der Waals surface area (Å²) in [6.45, 7) is 4.70. The Kier molecular flexibility index (Phi) is 3.88. The first-order valence-corrected chi connectivity index (χ1v) is 11.5. The maximum atomic E-state index is 2.55. The van der Waals surface area contributed by atoms with Gasteiger partial charge >= 0.3 is 0 Å². The lowest BCUT2D eigenvalue weighted by Gasteiger charge is -2.22. The number of hydrogen-bond acceptors (Lipinski definition) is 0. The number of benzene rings is 5. The van der Waals surface area contributed by atoms with Gasteiger partial charge in [0.1, 0.15) is 0 Å². The SMILES string of the molecule is CC1(C)c2ccccc2-c2ccc(-c3c(I)c4ccccc4c4ccccc34)cc21. The molecule has 0 atom stereocenters. The van der Waals surface area contributed by atoms with Crippen molar-refractivity contribution in [3.05, 3.63) is 106 Å². The molecule has 0 unspecified atom stereocenters. The fourth-order valence-corrected chi connectivity index (χ4v) is 6.31. The van der Waals surface area contributed by atoms with Crippen LogP contribution in [0.2, 0.25) is 0 Å². The van der Waals surface area contributed by atoms with E-state index in [-0.39, 0.29) is 5.41 Å². The predicted octanol–water partition coefficient (Wildman–Crippen LogP) is 8.57. The smallest absolute Gasteiger partial charge is 0.0293 e. The fourth-order valence-electron chi connectivity index (χ4n) is 5.24. The highest BCUT2D eigenvalue weighted by atomic mass is 127. The lowest BCUT2D eigenvalue weighted by Crippen LogP contribution is -2.14. The molecule has 6 rings (SSSR count). The van der Waals surface area contributed by atoms with E-state index in [2.05, 4.69) is 127 Å². The summed E-state index contributed by atoms with van der Waals surface area (Å²) in [5.74, 6) is 0. The zero-order chi connectivity index (χ0) is 20.5. The largest absolute Gasteiger partial charge is 0.0619 e. The number of hydrogen-bond donors (Lipinski definition) is 0. The molecule has 0 saturated carbocycles. The van der Waals surface area contributed by atoms with Crippen LogP contribution in [0.4, 0.5) is 0 Å². The molecule has 0 nitrogen and oxygen atoms in total. The van der Waals surface area contributed by atoms with Gasteiger partial charge in [-0.1, -0.05) is 98.8 Å². The molecule has 0 heterocycles. The quantitative estimate of drug-likeness (QED) is 0.161. The minimum atomic E-state index is 0.0139. The Bertz CT molecular complexity index is 1470. The van der Waals surface area contributed by atoms with Crippen LogP contribution in [0.15, 0.2) is 91.0 Å². The van der Waals surface area contributed by atoms with Gasteiger partial charge < -0.3 is 0 Å². The highest BCUT2D eigenvalue weighted by molar-refractivity contribution is 14.1. The van der Waals surface area contributed by atoms with Gasteiger partial charge in [-0.2, -0.15) is 0 Å². The minimum Gasteiger partial charge on any atom is -0.0619 e. The molecule has 0 amide bonds. The van der Waals surface area contributed by atoms with Crippen molar-refractivity contribution < 1.29 is 0 Å². The molecular formula is C29H21I. The molecule has 0 fully saturated rings. The molecule has 0 spiro atoms. The zero-order valence-corrected chi connectivity index (χ0v) is 19.2. The Morgan fingerprint density at radius 1 is 0.567 bits per heavy atom. The molecule has 0 bridgehead atoms. The molecule has 30 heavy (non-hydrogen) atoms. The summed E-state index contributed by atoms with van der Waals surface area (Å²) in [5, 5.41) is 5.31. The third kappa shape index (κ3) is 2.39. The Morgan fingerprint density at radius 2 is 1.13 bits per heavy atom.